The Hall–Kier alpha value is -0.610. The van der Waals surface area contributed by atoms with Gasteiger partial charge in [0.05, 0.1) is 0 Å². The fourth-order valence-electron chi connectivity index (χ4n) is 1.26. The maximum Gasteiger partial charge on any atom is 0.300 e. The zero-order valence-electron chi connectivity index (χ0n) is 7.49. The summed E-state index contributed by atoms with van der Waals surface area (Å²) in [5, 5.41) is 7.42. The molecule has 72 valence electrons. The van der Waals surface area contributed by atoms with Crippen LogP contribution >= 0.6 is 0 Å². The quantitative estimate of drug-likeness (QED) is 0.550. The molecule has 12 heavy (non-hydrogen) atoms. The first-order valence-corrected chi connectivity index (χ1v) is 4.21. The van der Waals surface area contributed by atoms with Gasteiger partial charge in [-0.05, 0) is 37.8 Å². The lowest BCUT2D eigenvalue weighted by Gasteiger charge is -2.34. The molecule has 0 radical (unpaired) electrons. The van der Waals surface area contributed by atoms with Crippen LogP contribution in [0.15, 0.2) is 0 Å². The summed E-state index contributed by atoms with van der Waals surface area (Å²) in [5.74, 6) is 0.667. The molecular weight excluding hydrogens is 156 g/mol. The van der Waals surface area contributed by atoms with Gasteiger partial charge in [0.25, 0.3) is 5.97 Å². The maximum atomic E-state index is 9.00. The van der Waals surface area contributed by atoms with Crippen molar-refractivity contribution in [3.8, 4) is 0 Å². The fourth-order valence-corrected chi connectivity index (χ4v) is 1.26. The summed E-state index contributed by atoms with van der Waals surface area (Å²) in [6.07, 6.45) is 2.61. The van der Waals surface area contributed by atoms with E-state index in [4.69, 9.17) is 21.4 Å². The Morgan fingerprint density at radius 3 is 1.67 bits per heavy atom. The first-order valence-electron chi connectivity index (χ1n) is 4.21. The molecule has 0 amide bonds. The smallest absolute Gasteiger partial charge is 0.300 e. The third-order valence-electron chi connectivity index (χ3n) is 2.18. The van der Waals surface area contributed by atoms with Crippen LogP contribution < -0.4 is 11.5 Å². The number of carboxylic acids is 1. The summed E-state index contributed by atoms with van der Waals surface area (Å²) in [6, 6.07) is 0. The van der Waals surface area contributed by atoms with Crippen molar-refractivity contribution < 1.29 is 9.90 Å². The van der Waals surface area contributed by atoms with Crippen molar-refractivity contribution in [1.29, 1.82) is 0 Å². The summed E-state index contributed by atoms with van der Waals surface area (Å²) in [6.45, 7) is 2.75. The molecule has 1 fully saturated rings. The Bertz CT molecular complexity index is 121. The Balaban J connectivity index is 0.000000261. The molecule has 4 nitrogen and oxygen atoms in total. The van der Waals surface area contributed by atoms with Crippen LogP contribution in [0.4, 0.5) is 0 Å². The van der Waals surface area contributed by atoms with Gasteiger partial charge in [0, 0.05) is 6.92 Å². The zero-order chi connectivity index (χ0) is 9.56. The Labute approximate surface area is 72.9 Å². The number of rotatable bonds is 2. The first kappa shape index (κ1) is 11.4. The van der Waals surface area contributed by atoms with Gasteiger partial charge in [-0.15, -0.1) is 0 Å². The summed E-state index contributed by atoms with van der Waals surface area (Å²) >= 11 is 0. The van der Waals surface area contributed by atoms with E-state index in [0.717, 1.165) is 31.8 Å². The van der Waals surface area contributed by atoms with Gasteiger partial charge in [-0.3, -0.25) is 4.79 Å². The van der Waals surface area contributed by atoms with Crippen molar-refractivity contribution in [2.75, 3.05) is 13.1 Å². The predicted octanol–water partition coefficient (Wildman–Crippen LogP) is 0.0209. The van der Waals surface area contributed by atoms with Gasteiger partial charge in [0.15, 0.2) is 0 Å². The molecule has 1 aliphatic carbocycles. The van der Waals surface area contributed by atoms with Crippen molar-refractivity contribution in [2.24, 2.45) is 23.3 Å². The molecule has 5 N–H and O–H groups in total. The highest BCUT2D eigenvalue weighted by Gasteiger charge is 2.27. The van der Waals surface area contributed by atoms with E-state index in [1.165, 1.54) is 12.8 Å². The van der Waals surface area contributed by atoms with Crippen LogP contribution in [-0.2, 0) is 4.79 Å². The van der Waals surface area contributed by atoms with Crippen LogP contribution in [0.2, 0.25) is 0 Å². The largest absolute Gasteiger partial charge is 0.481 e. The number of hydrogen-bond donors (Lipinski definition) is 3. The number of aliphatic carboxylic acids is 1. The lowest BCUT2D eigenvalue weighted by molar-refractivity contribution is -0.134. The van der Waals surface area contributed by atoms with E-state index in [0.29, 0.717) is 0 Å². The number of nitrogens with two attached hydrogens (primary N) is 2. The highest BCUT2D eigenvalue weighted by Crippen LogP contribution is 2.31. The first-order chi connectivity index (χ1) is 5.61. The van der Waals surface area contributed by atoms with Crippen LogP contribution in [0.1, 0.15) is 19.8 Å². The minimum Gasteiger partial charge on any atom is -0.481 e. The van der Waals surface area contributed by atoms with Crippen molar-refractivity contribution in [1.82, 2.24) is 0 Å². The molecule has 0 aliphatic heterocycles. The Morgan fingerprint density at radius 1 is 1.33 bits per heavy atom. The van der Waals surface area contributed by atoms with Gasteiger partial charge in [0.1, 0.15) is 0 Å². The van der Waals surface area contributed by atoms with Gasteiger partial charge in [-0.1, -0.05) is 0 Å². The van der Waals surface area contributed by atoms with Gasteiger partial charge >= 0.3 is 0 Å². The van der Waals surface area contributed by atoms with Gasteiger partial charge in [-0.2, -0.15) is 0 Å². The normalized spacial score (nSPS) is 26.6. The molecule has 0 aromatic rings. The van der Waals surface area contributed by atoms with E-state index in [-0.39, 0.29) is 0 Å². The molecule has 2 atom stereocenters. The molecule has 0 aromatic carbocycles. The summed E-state index contributed by atoms with van der Waals surface area (Å²) in [4.78, 5) is 9.00. The van der Waals surface area contributed by atoms with E-state index in [2.05, 4.69) is 0 Å². The monoisotopic (exact) mass is 174 g/mol. The number of carbonyl (C=O) groups is 1. The zero-order valence-corrected chi connectivity index (χ0v) is 7.49. The van der Waals surface area contributed by atoms with Crippen molar-refractivity contribution >= 4 is 5.97 Å². The topological polar surface area (TPSA) is 89.3 Å². The van der Waals surface area contributed by atoms with E-state index < -0.39 is 5.97 Å². The van der Waals surface area contributed by atoms with Crippen LogP contribution in [0.3, 0.4) is 0 Å². The van der Waals surface area contributed by atoms with Crippen LogP contribution in [0.25, 0.3) is 0 Å². The van der Waals surface area contributed by atoms with Crippen molar-refractivity contribution in [3.05, 3.63) is 0 Å². The second-order valence-electron chi connectivity index (χ2n) is 3.09. The maximum absolute atomic E-state index is 9.00. The average Bonchev–Trinajstić information content (AvgIpc) is 1.85. The lowest BCUT2D eigenvalue weighted by Crippen LogP contribution is -2.36. The van der Waals surface area contributed by atoms with Crippen molar-refractivity contribution in [2.45, 2.75) is 19.8 Å². The van der Waals surface area contributed by atoms with E-state index >= 15 is 0 Å². The molecule has 0 saturated heterocycles. The highest BCUT2D eigenvalue weighted by atomic mass is 16.4. The molecular formula is C8H18N2O2. The van der Waals surface area contributed by atoms with E-state index in [9.17, 15) is 0 Å². The summed E-state index contributed by atoms with van der Waals surface area (Å²) < 4.78 is 0. The number of carboxylic acid groups (broad SMARTS) is 1. The Kier molecular flexibility index (Phi) is 5.66. The SMILES string of the molecule is CC(=O)O.NC[C@@H]1CC[C@H]1CN. The molecule has 0 spiro atoms. The molecule has 1 rings (SSSR count). The minimum atomic E-state index is -0.833. The molecule has 0 aromatic heterocycles. The average molecular weight is 174 g/mol. The predicted molar refractivity (Wildman–Crippen MR) is 47.6 cm³/mol. The molecule has 1 saturated carbocycles. The molecule has 0 unspecified atom stereocenters. The van der Waals surface area contributed by atoms with Crippen molar-refractivity contribution in [3.63, 3.8) is 0 Å². The highest BCUT2D eigenvalue weighted by molar-refractivity contribution is 5.62. The minimum absolute atomic E-state index is 0.750. The third-order valence-corrected chi connectivity index (χ3v) is 2.18. The van der Waals surface area contributed by atoms with Crippen LogP contribution in [-0.4, -0.2) is 24.2 Å². The van der Waals surface area contributed by atoms with Gasteiger partial charge in [0.2, 0.25) is 0 Å². The molecule has 4 heteroatoms. The van der Waals surface area contributed by atoms with Crippen LogP contribution in [0, 0.1) is 11.8 Å². The standard InChI is InChI=1S/C6H14N2.C2H4O2/c7-3-5-1-2-6(5)4-8;1-2(3)4/h5-6H,1-4,7-8H2;1H3,(H,3,4)/t5-,6-;/m0./s1. The third kappa shape index (κ3) is 4.31. The Morgan fingerprint density at radius 2 is 1.58 bits per heavy atom. The van der Waals surface area contributed by atoms with Crippen LogP contribution in [0.5, 0.6) is 0 Å². The fraction of sp³-hybridized carbons (Fsp3) is 0.875. The van der Waals surface area contributed by atoms with Gasteiger partial charge in [-0.25, -0.2) is 0 Å². The lowest BCUT2D eigenvalue weighted by atomic mass is 9.74. The summed E-state index contributed by atoms with van der Waals surface area (Å²) in [5.41, 5.74) is 10.9. The van der Waals surface area contributed by atoms with E-state index in [1.54, 1.807) is 0 Å². The van der Waals surface area contributed by atoms with Gasteiger partial charge < -0.3 is 16.6 Å². The molecule has 1 aliphatic rings. The summed E-state index contributed by atoms with van der Waals surface area (Å²) in [7, 11) is 0. The second-order valence-corrected chi connectivity index (χ2v) is 3.09. The second kappa shape index (κ2) is 5.97. The molecule has 0 heterocycles. The van der Waals surface area contributed by atoms with E-state index in [1.807, 2.05) is 0 Å². The molecule has 0 bridgehead atoms. The number of hydrogen-bond acceptors (Lipinski definition) is 3.